The zero-order valence-electron chi connectivity index (χ0n) is 16.1. The summed E-state index contributed by atoms with van der Waals surface area (Å²) < 4.78 is 0. The van der Waals surface area contributed by atoms with Crippen molar-refractivity contribution in [1.82, 2.24) is 10.6 Å². The maximum atomic E-state index is 11.9. The Hall–Kier alpha value is -1.04. The van der Waals surface area contributed by atoms with Crippen LogP contribution >= 0.6 is 11.8 Å². The SMILES string of the molecule is CCC(=O)CCCCCCC(=O)CCCCCC1SCC2NC(=O)NC21. The van der Waals surface area contributed by atoms with Crippen LogP contribution < -0.4 is 10.6 Å². The highest BCUT2D eigenvalue weighted by molar-refractivity contribution is 8.00. The molecule has 2 N–H and O–H groups in total. The smallest absolute Gasteiger partial charge is 0.315 e. The van der Waals surface area contributed by atoms with Crippen LogP contribution in [0.1, 0.15) is 84.0 Å². The average Bonchev–Trinajstić information content (AvgIpc) is 3.17. The van der Waals surface area contributed by atoms with Gasteiger partial charge in [-0.05, 0) is 25.7 Å². The van der Waals surface area contributed by atoms with Gasteiger partial charge in [0.1, 0.15) is 11.6 Å². The van der Waals surface area contributed by atoms with Gasteiger partial charge in [-0.15, -0.1) is 0 Å². The van der Waals surface area contributed by atoms with Crippen molar-refractivity contribution in [2.45, 2.75) is 101 Å². The zero-order valence-corrected chi connectivity index (χ0v) is 16.9. The van der Waals surface area contributed by atoms with Crippen LogP contribution in [0.5, 0.6) is 0 Å². The Morgan fingerprint density at radius 1 is 0.923 bits per heavy atom. The fourth-order valence-electron chi connectivity index (χ4n) is 3.79. The molecule has 2 fully saturated rings. The van der Waals surface area contributed by atoms with Crippen LogP contribution in [0.3, 0.4) is 0 Å². The lowest BCUT2D eigenvalue weighted by molar-refractivity contribution is -0.120. The van der Waals surface area contributed by atoms with Crippen molar-refractivity contribution in [2.24, 2.45) is 0 Å². The van der Waals surface area contributed by atoms with Crippen molar-refractivity contribution in [2.75, 3.05) is 5.75 Å². The predicted molar refractivity (Wildman–Crippen MR) is 107 cm³/mol. The second-order valence-electron chi connectivity index (χ2n) is 7.57. The van der Waals surface area contributed by atoms with E-state index in [4.69, 9.17) is 0 Å². The summed E-state index contributed by atoms with van der Waals surface area (Å²) in [6.07, 6.45) is 11.1. The lowest BCUT2D eigenvalue weighted by atomic mass is 10.0. The molecule has 3 unspecified atom stereocenters. The van der Waals surface area contributed by atoms with Gasteiger partial charge in [-0.25, -0.2) is 4.79 Å². The molecular formula is C20H34N2O3S. The van der Waals surface area contributed by atoms with E-state index in [0.29, 0.717) is 54.6 Å². The summed E-state index contributed by atoms with van der Waals surface area (Å²) in [4.78, 5) is 34.5. The van der Waals surface area contributed by atoms with E-state index in [2.05, 4.69) is 10.6 Å². The number of nitrogens with one attached hydrogen (secondary N) is 2. The third-order valence-electron chi connectivity index (χ3n) is 5.44. The van der Waals surface area contributed by atoms with Crippen LogP contribution in [0, 0.1) is 0 Å². The van der Waals surface area contributed by atoms with Crippen LogP contribution in [0.25, 0.3) is 0 Å². The molecule has 0 aromatic rings. The Morgan fingerprint density at radius 2 is 1.54 bits per heavy atom. The average molecular weight is 383 g/mol. The first-order valence-electron chi connectivity index (χ1n) is 10.3. The largest absolute Gasteiger partial charge is 0.332 e. The summed E-state index contributed by atoms with van der Waals surface area (Å²) >= 11 is 1.96. The Bertz CT molecular complexity index is 484. The van der Waals surface area contributed by atoms with Crippen molar-refractivity contribution < 1.29 is 14.4 Å². The quantitative estimate of drug-likeness (QED) is 0.352. The summed E-state index contributed by atoms with van der Waals surface area (Å²) in [6, 6.07) is 0.578. The van der Waals surface area contributed by atoms with Crippen LogP contribution in [-0.4, -0.2) is 40.7 Å². The van der Waals surface area contributed by atoms with Crippen molar-refractivity contribution in [3.63, 3.8) is 0 Å². The van der Waals surface area contributed by atoms with Gasteiger partial charge in [-0.1, -0.05) is 32.6 Å². The standard InChI is InChI=1S/C20H34N2O3S/c1-2-15(23)10-6-3-4-7-11-16(24)12-8-5-9-13-18-19-17(14-26-18)21-20(25)22-19/h17-19H,2-14H2,1H3,(H2,21,22,25). The topological polar surface area (TPSA) is 75.3 Å². The van der Waals surface area contributed by atoms with Crippen molar-refractivity contribution in [3.8, 4) is 0 Å². The molecule has 0 bridgehead atoms. The Balaban J connectivity index is 1.41. The highest BCUT2D eigenvalue weighted by atomic mass is 32.2. The molecule has 2 saturated heterocycles. The van der Waals surface area contributed by atoms with E-state index in [1.165, 1.54) is 0 Å². The van der Waals surface area contributed by atoms with E-state index >= 15 is 0 Å². The minimum Gasteiger partial charge on any atom is -0.332 e. The van der Waals surface area contributed by atoms with E-state index in [-0.39, 0.29) is 6.03 Å². The van der Waals surface area contributed by atoms with Crippen LogP contribution in [0.4, 0.5) is 4.79 Å². The molecule has 0 aliphatic carbocycles. The third-order valence-corrected chi connectivity index (χ3v) is 6.95. The highest BCUT2D eigenvalue weighted by Crippen LogP contribution is 2.33. The van der Waals surface area contributed by atoms with Gasteiger partial charge in [-0.2, -0.15) is 11.8 Å². The van der Waals surface area contributed by atoms with Gasteiger partial charge in [0.2, 0.25) is 0 Å². The second kappa shape index (κ2) is 11.6. The fourth-order valence-corrected chi connectivity index (χ4v) is 5.33. The molecule has 2 aliphatic heterocycles. The molecule has 0 saturated carbocycles. The minimum absolute atomic E-state index is 0.0205. The van der Waals surface area contributed by atoms with Gasteiger partial charge in [-0.3, -0.25) is 9.59 Å². The monoisotopic (exact) mass is 382 g/mol. The maximum absolute atomic E-state index is 11.9. The number of urea groups is 1. The zero-order chi connectivity index (χ0) is 18.8. The van der Waals surface area contributed by atoms with Gasteiger partial charge in [0.15, 0.2) is 0 Å². The lowest BCUT2D eigenvalue weighted by Crippen LogP contribution is -2.36. The van der Waals surface area contributed by atoms with Gasteiger partial charge >= 0.3 is 6.03 Å². The molecule has 2 rings (SSSR count). The first kappa shape index (κ1) is 21.3. The van der Waals surface area contributed by atoms with E-state index < -0.39 is 0 Å². The molecule has 0 aromatic carbocycles. The predicted octanol–water partition coefficient (Wildman–Crippen LogP) is 3.99. The van der Waals surface area contributed by atoms with Crippen LogP contribution in [-0.2, 0) is 9.59 Å². The number of hydrogen-bond acceptors (Lipinski definition) is 4. The van der Waals surface area contributed by atoms with Crippen LogP contribution in [0.15, 0.2) is 0 Å². The molecule has 2 amide bonds. The first-order valence-corrected chi connectivity index (χ1v) is 11.4. The summed E-state index contributed by atoms with van der Waals surface area (Å²) in [5.41, 5.74) is 0. The molecule has 0 radical (unpaired) electrons. The highest BCUT2D eigenvalue weighted by Gasteiger charge is 2.42. The molecule has 6 heteroatoms. The number of unbranched alkanes of at least 4 members (excludes halogenated alkanes) is 5. The lowest BCUT2D eigenvalue weighted by Gasteiger charge is -2.16. The number of amides is 2. The number of rotatable bonds is 14. The number of carbonyl (C=O) groups is 3. The van der Waals surface area contributed by atoms with Crippen molar-refractivity contribution >= 4 is 29.4 Å². The molecule has 0 spiro atoms. The third kappa shape index (κ3) is 7.29. The maximum Gasteiger partial charge on any atom is 0.315 e. The Morgan fingerprint density at radius 3 is 2.19 bits per heavy atom. The summed E-state index contributed by atoms with van der Waals surface area (Å²) in [5.74, 6) is 1.75. The molecule has 148 valence electrons. The van der Waals surface area contributed by atoms with E-state index in [9.17, 15) is 14.4 Å². The van der Waals surface area contributed by atoms with Gasteiger partial charge in [0.05, 0.1) is 12.1 Å². The van der Waals surface area contributed by atoms with Crippen LogP contribution in [0.2, 0.25) is 0 Å². The van der Waals surface area contributed by atoms with E-state index in [0.717, 1.165) is 57.1 Å². The molecule has 2 aliphatic rings. The van der Waals surface area contributed by atoms with Crippen molar-refractivity contribution in [3.05, 3.63) is 0 Å². The second-order valence-corrected chi connectivity index (χ2v) is 8.84. The van der Waals surface area contributed by atoms with Gasteiger partial charge in [0.25, 0.3) is 0 Å². The van der Waals surface area contributed by atoms with E-state index in [1.807, 2.05) is 18.7 Å². The molecule has 26 heavy (non-hydrogen) atoms. The minimum atomic E-state index is -0.0205. The molecule has 5 nitrogen and oxygen atoms in total. The fraction of sp³-hybridized carbons (Fsp3) is 0.850. The normalized spacial score (nSPS) is 24.2. The number of thioether (sulfide) groups is 1. The van der Waals surface area contributed by atoms with E-state index in [1.54, 1.807) is 0 Å². The van der Waals surface area contributed by atoms with Gasteiger partial charge in [0, 0.05) is 36.7 Å². The number of fused-ring (bicyclic) bond motifs is 1. The first-order chi connectivity index (χ1) is 12.6. The number of Topliss-reactive ketones (excluding diaryl/α,β-unsaturated/α-hetero) is 2. The number of hydrogen-bond donors (Lipinski definition) is 2. The van der Waals surface area contributed by atoms with Crippen molar-refractivity contribution in [1.29, 1.82) is 0 Å². The van der Waals surface area contributed by atoms with Gasteiger partial charge < -0.3 is 10.6 Å². The molecule has 3 atom stereocenters. The summed E-state index contributed by atoms with van der Waals surface area (Å²) in [5, 5.41) is 6.52. The molecule has 0 aromatic heterocycles. The Kier molecular flexibility index (Phi) is 9.51. The Labute approximate surface area is 161 Å². The molecule has 2 heterocycles. The number of ketones is 2. The molecular weight excluding hydrogens is 348 g/mol. The summed E-state index contributed by atoms with van der Waals surface area (Å²) in [7, 11) is 0. The summed E-state index contributed by atoms with van der Waals surface area (Å²) in [6.45, 7) is 1.91. The number of carbonyl (C=O) groups excluding carboxylic acids is 3.